The standard InChI is InChI=1S/C11H11ClN2S/c12-10-7-15-11-13-9(6-14(10)11)8-4-2-1-3-5-8/h1-5,9-10H,6-7H2. The first kappa shape index (κ1) is 9.55. The van der Waals surface area contributed by atoms with Gasteiger partial charge in [-0.3, -0.25) is 4.99 Å². The number of aliphatic imine (C=N–C) groups is 1. The smallest absolute Gasteiger partial charge is 0.161 e. The summed E-state index contributed by atoms with van der Waals surface area (Å²) in [6.07, 6.45) is 0. The van der Waals surface area contributed by atoms with Crippen LogP contribution in [-0.4, -0.2) is 27.9 Å². The lowest BCUT2D eigenvalue weighted by Crippen LogP contribution is -2.28. The lowest BCUT2D eigenvalue weighted by atomic mass is 10.1. The van der Waals surface area contributed by atoms with Crippen LogP contribution >= 0.6 is 23.4 Å². The monoisotopic (exact) mass is 238 g/mol. The second-order valence-corrected chi connectivity index (χ2v) is 5.23. The number of benzene rings is 1. The molecule has 0 spiro atoms. The Balaban J connectivity index is 1.86. The number of nitrogens with zero attached hydrogens (tertiary/aromatic N) is 2. The molecule has 2 aliphatic rings. The molecule has 1 aromatic rings. The molecular weight excluding hydrogens is 228 g/mol. The molecule has 0 aromatic heterocycles. The van der Waals surface area contributed by atoms with Gasteiger partial charge in [0.15, 0.2) is 5.17 Å². The molecule has 78 valence electrons. The number of alkyl halides is 1. The van der Waals surface area contributed by atoms with Crippen molar-refractivity contribution in [2.45, 2.75) is 11.5 Å². The molecule has 0 amide bonds. The summed E-state index contributed by atoms with van der Waals surface area (Å²) in [7, 11) is 0. The van der Waals surface area contributed by atoms with E-state index in [1.54, 1.807) is 11.8 Å². The zero-order valence-electron chi connectivity index (χ0n) is 8.14. The molecule has 0 N–H and O–H groups in total. The lowest BCUT2D eigenvalue weighted by Gasteiger charge is -2.17. The number of halogens is 1. The maximum atomic E-state index is 6.19. The topological polar surface area (TPSA) is 15.6 Å². The van der Waals surface area contributed by atoms with Crippen LogP contribution in [0.3, 0.4) is 0 Å². The van der Waals surface area contributed by atoms with Crippen LogP contribution in [0.5, 0.6) is 0 Å². The van der Waals surface area contributed by atoms with Gasteiger partial charge in [0.25, 0.3) is 0 Å². The van der Waals surface area contributed by atoms with Crippen molar-refractivity contribution in [2.75, 3.05) is 12.3 Å². The van der Waals surface area contributed by atoms with Crippen molar-refractivity contribution in [1.82, 2.24) is 4.90 Å². The molecule has 1 saturated heterocycles. The maximum absolute atomic E-state index is 6.19. The molecule has 0 bridgehead atoms. The highest BCUT2D eigenvalue weighted by molar-refractivity contribution is 8.14. The molecule has 2 unspecified atom stereocenters. The van der Waals surface area contributed by atoms with Crippen LogP contribution in [0.1, 0.15) is 11.6 Å². The average Bonchev–Trinajstić information content (AvgIpc) is 2.83. The van der Waals surface area contributed by atoms with Crippen molar-refractivity contribution in [1.29, 1.82) is 0 Å². The van der Waals surface area contributed by atoms with Gasteiger partial charge < -0.3 is 4.90 Å². The summed E-state index contributed by atoms with van der Waals surface area (Å²) in [5.74, 6) is 0.960. The fourth-order valence-corrected chi connectivity index (χ4v) is 3.41. The summed E-state index contributed by atoms with van der Waals surface area (Å²) in [5.41, 5.74) is 1.41. The predicted molar refractivity (Wildman–Crippen MR) is 65.4 cm³/mol. The normalized spacial score (nSPS) is 29.1. The average molecular weight is 239 g/mol. The van der Waals surface area contributed by atoms with Crippen LogP contribution in [0.25, 0.3) is 0 Å². The maximum Gasteiger partial charge on any atom is 0.161 e. The number of rotatable bonds is 1. The molecule has 1 aromatic carbocycles. The van der Waals surface area contributed by atoms with Gasteiger partial charge in [0, 0.05) is 12.3 Å². The first-order valence-electron chi connectivity index (χ1n) is 5.01. The zero-order chi connectivity index (χ0) is 10.3. The summed E-state index contributed by atoms with van der Waals surface area (Å²) >= 11 is 7.95. The van der Waals surface area contributed by atoms with E-state index in [0.717, 1.165) is 17.5 Å². The Kier molecular flexibility index (Phi) is 2.37. The molecule has 2 aliphatic heterocycles. The van der Waals surface area contributed by atoms with E-state index in [0.29, 0.717) is 0 Å². The third-order valence-corrected chi connectivity index (χ3v) is 4.41. The fraction of sp³-hybridized carbons (Fsp3) is 0.364. The SMILES string of the molecule is ClC1CSC2=NC(c3ccccc3)CN21. The Bertz CT molecular complexity index is 393. The minimum Gasteiger partial charge on any atom is -0.332 e. The summed E-state index contributed by atoms with van der Waals surface area (Å²) in [6, 6.07) is 10.7. The van der Waals surface area contributed by atoms with Crippen LogP contribution in [0.15, 0.2) is 35.3 Å². The van der Waals surface area contributed by atoms with Crippen molar-refractivity contribution in [2.24, 2.45) is 4.99 Å². The minimum atomic E-state index is 0.127. The molecule has 2 heterocycles. The van der Waals surface area contributed by atoms with E-state index in [-0.39, 0.29) is 11.5 Å². The van der Waals surface area contributed by atoms with Gasteiger partial charge in [0.2, 0.25) is 0 Å². The number of amidine groups is 1. The van der Waals surface area contributed by atoms with E-state index < -0.39 is 0 Å². The van der Waals surface area contributed by atoms with Gasteiger partial charge in [-0.25, -0.2) is 0 Å². The highest BCUT2D eigenvalue weighted by Gasteiger charge is 2.35. The van der Waals surface area contributed by atoms with E-state index in [2.05, 4.69) is 29.2 Å². The third-order valence-electron chi connectivity index (χ3n) is 2.75. The van der Waals surface area contributed by atoms with Crippen molar-refractivity contribution < 1.29 is 0 Å². The molecule has 15 heavy (non-hydrogen) atoms. The summed E-state index contributed by atoms with van der Waals surface area (Å²) in [4.78, 5) is 6.89. The van der Waals surface area contributed by atoms with Gasteiger partial charge in [0.05, 0.1) is 6.04 Å². The second-order valence-electron chi connectivity index (χ2n) is 3.74. The molecule has 3 rings (SSSR count). The molecular formula is C11H11ClN2S. The highest BCUT2D eigenvalue weighted by Crippen LogP contribution is 2.36. The Labute approximate surface area is 98.3 Å². The molecule has 0 radical (unpaired) electrons. The van der Waals surface area contributed by atoms with Crippen molar-refractivity contribution >= 4 is 28.5 Å². The number of fused-ring (bicyclic) bond motifs is 1. The Morgan fingerprint density at radius 1 is 1.33 bits per heavy atom. The fourth-order valence-electron chi connectivity index (χ4n) is 1.96. The third kappa shape index (κ3) is 1.64. The summed E-state index contributed by atoms with van der Waals surface area (Å²) in [6.45, 7) is 0.931. The Morgan fingerprint density at radius 2 is 2.13 bits per heavy atom. The Morgan fingerprint density at radius 3 is 2.87 bits per heavy atom. The van der Waals surface area contributed by atoms with Gasteiger partial charge >= 0.3 is 0 Å². The van der Waals surface area contributed by atoms with E-state index in [1.165, 1.54) is 5.56 Å². The summed E-state index contributed by atoms with van der Waals surface area (Å²) < 4.78 is 0. The molecule has 2 atom stereocenters. The van der Waals surface area contributed by atoms with Crippen molar-refractivity contribution in [3.63, 3.8) is 0 Å². The van der Waals surface area contributed by atoms with E-state index in [4.69, 9.17) is 16.6 Å². The van der Waals surface area contributed by atoms with Crippen LogP contribution in [0.4, 0.5) is 0 Å². The van der Waals surface area contributed by atoms with Crippen LogP contribution in [0, 0.1) is 0 Å². The quantitative estimate of drug-likeness (QED) is 0.552. The van der Waals surface area contributed by atoms with E-state index >= 15 is 0 Å². The highest BCUT2D eigenvalue weighted by atomic mass is 35.5. The van der Waals surface area contributed by atoms with Crippen LogP contribution in [0.2, 0.25) is 0 Å². The van der Waals surface area contributed by atoms with Crippen molar-refractivity contribution in [3.8, 4) is 0 Å². The summed E-state index contributed by atoms with van der Waals surface area (Å²) in [5, 5.41) is 1.11. The van der Waals surface area contributed by atoms with Gasteiger partial charge in [0.1, 0.15) is 5.50 Å². The lowest BCUT2D eigenvalue weighted by molar-refractivity contribution is 0.432. The van der Waals surface area contributed by atoms with Gasteiger partial charge in [-0.2, -0.15) is 0 Å². The van der Waals surface area contributed by atoms with E-state index in [1.807, 2.05) is 6.07 Å². The largest absolute Gasteiger partial charge is 0.332 e. The van der Waals surface area contributed by atoms with Crippen molar-refractivity contribution in [3.05, 3.63) is 35.9 Å². The first-order valence-corrected chi connectivity index (χ1v) is 6.43. The Hall–Kier alpha value is -0.670. The molecule has 1 fully saturated rings. The van der Waals surface area contributed by atoms with E-state index in [9.17, 15) is 0 Å². The molecule has 0 saturated carbocycles. The first-order chi connectivity index (χ1) is 7.34. The van der Waals surface area contributed by atoms with Crippen LogP contribution < -0.4 is 0 Å². The number of hydrogen-bond acceptors (Lipinski definition) is 3. The number of hydrogen-bond donors (Lipinski definition) is 0. The predicted octanol–water partition coefficient (Wildman–Crippen LogP) is 2.71. The molecule has 2 nitrogen and oxygen atoms in total. The zero-order valence-corrected chi connectivity index (χ0v) is 9.71. The van der Waals surface area contributed by atoms with Gasteiger partial charge in [-0.05, 0) is 5.56 Å². The van der Waals surface area contributed by atoms with Gasteiger partial charge in [-0.1, -0.05) is 53.7 Å². The van der Waals surface area contributed by atoms with Gasteiger partial charge in [-0.15, -0.1) is 0 Å². The number of thioether (sulfide) groups is 1. The molecule has 0 aliphatic carbocycles. The van der Waals surface area contributed by atoms with Crippen LogP contribution in [-0.2, 0) is 0 Å². The molecule has 4 heteroatoms. The minimum absolute atomic E-state index is 0.127. The second kappa shape index (κ2) is 3.72.